The molecule has 0 saturated heterocycles. The number of nitrogens with zero attached hydrogens (tertiary/aromatic N) is 5. The second-order valence-corrected chi connectivity index (χ2v) is 10.1. The van der Waals surface area contributed by atoms with E-state index in [1.54, 1.807) is 17.5 Å². The molecule has 6 heteroatoms. The maximum absolute atomic E-state index is 5.22. The number of hydrogen-bond acceptors (Lipinski definition) is 5. The normalized spacial score (nSPS) is 11.3. The van der Waals surface area contributed by atoms with Crippen LogP contribution in [0.15, 0.2) is 122 Å². The molecule has 0 unspecified atom stereocenters. The quantitative estimate of drug-likeness (QED) is 0.233. The minimum absolute atomic E-state index is 0.846. The van der Waals surface area contributed by atoms with Crippen LogP contribution >= 0.6 is 11.3 Å². The molecule has 4 heterocycles. The molecular formula is C32H23N5S. The summed E-state index contributed by atoms with van der Waals surface area (Å²) in [6, 6.07) is 37.6. The Morgan fingerprint density at radius 2 is 1.55 bits per heavy atom. The molecule has 0 aliphatic heterocycles. The van der Waals surface area contributed by atoms with Gasteiger partial charge in [0.15, 0.2) is 0 Å². The van der Waals surface area contributed by atoms with E-state index in [2.05, 4.69) is 107 Å². The van der Waals surface area contributed by atoms with E-state index in [-0.39, 0.29) is 0 Å². The van der Waals surface area contributed by atoms with Crippen molar-refractivity contribution in [3.05, 3.63) is 127 Å². The Balaban J connectivity index is 1.39. The molecule has 7 aromatic rings. The first-order chi connectivity index (χ1) is 18.7. The SMILES string of the molecule is Cc1ccc2c(n1)sc1c(-c3cccc(N(c4ccccc4)c4cccc(-n5cccn5)c4)n3)cccc12. The predicted molar refractivity (Wildman–Crippen MR) is 157 cm³/mol. The van der Waals surface area contributed by atoms with Gasteiger partial charge in [-0.25, -0.2) is 14.6 Å². The van der Waals surface area contributed by atoms with Crippen LogP contribution in [-0.4, -0.2) is 19.7 Å². The third-order valence-electron chi connectivity index (χ3n) is 6.61. The summed E-state index contributed by atoms with van der Waals surface area (Å²) in [5, 5.41) is 6.82. The zero-order chi connectivity index (χ0) is 25.5. The summed E-state index contributed by atoms with van der Waals surface area (Å²) in [5.74, 6) is 0.846. The maximum Gasteiger partial charge on any atom is 0.138 e. The van der Waals surface area contributed by atoms with Crippen molar-refractivity contribution in [3.8, 4) is 16.9 Å². The molecule has 0 atom stereocenters. The first kappa shape index (κ1) is 22.4. The number of aromatic nitrogens is 4. The molecule has 38 heavy (non-hydrogen) atoms. The zero-order valence-corrected chi connectivity index (χ0v) is 21.5. The molecule has 0 amide bonds. The number of aryl methyl sites for hydroxylation is 1. The van der Waals surface area contributed by atoms with Crippen LogP contribution in [0.2, 0.25) is 0 Å². The topological polar surface area (TPSA) is 46.8 Å². The summed E-state index contributed by atoms with van der Waals surface area (Å²) >= 11 is 1.73. The average Bonchev–Trinajstić information content (AvgIpc) is 3.62. The number of rotatable bonds is 5. The van der Waals surface area contributed by atoms with E-state index >= 15 is 0 Å². The first-order valence-electron chi connectivity index (χ1n) is 12.5. The number of benzene rings is 3. The molecule has 5 nitrogen and oxygen atoms in total. The fourth-order valence-electron chi connectivity index (χ4n) is 4.86. The van der Waals surface area contributed by atoms with Crippen LogP contribution in [0.5, 0.6) is 0 Å². The second-order valence-electron chi connectivity index (χ2n) is 9.11. The van der Waals surface area contributed by atoms with Crippen molar-refractivity contribution in [1.29, 1.82) is 0 Å². The van der Waals surface area contributed by atoms with Gasteiger partial charge in [0.25, 0.3) is 0 Å². The van der Waals surface area contributed by atoms with Crippen LogP contribution in [0.1, 0.15) is 5.69 Å². The fourth-order valence-corrected chi connectivity index (χ4v) is 6.10. The van der Waals surface area contributed by atoms with Gasteiger partial charge in [-0.1, -0.05) is 48.5 Å². The molecule has 0 aliphatic rings. The molecule has 0 N–H and O–H groups in total. The van der Waals surface area contributed by atoms with Crippen LogP contribution in [0.25, 0.3) is 37.2 Å². The number of thiophene rings is 1. The summed E-state index contributed by atoms with van der Waals surface area (Å²) < 4.78 is 3.08. The van der Waals surface area contributed by atoms with Crippen molar-refractivity contribution in [2.24, 2.45) is 0 Å². The molecule has 3 aromatic carbocycles. The van der Waals surface area contributed by atoms with Gasteiger partial charge in [0.05, 0.1) is 11.4 Å². The van der Waals surface area contributed by atoms with Crippen LogP contribution in [0.3, 0.4) is 0 Å². The largest absolute Gasteiger partial charge is 0.295 e. The predicted octanol–water partition coefficient (Wildman–Crippen LogP) is 8.48. The highest BCUT2D eigenvalue weighted by molar-refractivity contribution is 7.26. The summed E-state index contributed by atoms with van der Waals surface area (Å²) in [4.78, 5) is 13.2. The van der Waals surface area contributed by atoms with Gasteiger partial charge >= 0.3 is 0 Å². The molecule has 182 valence electrons. The van der Waals surface area contributed by atoms with E-state index in [4.69, 9.17) is 9.97 Å². The Hall–Kier alpha value is -4.81. The smallest absolute Gasteiger partial charge is 0.138 e. The minimum atomic E-state index is 0.846. The zero-order valence-electron chi connectivity index (χ0n) is 20.7. The lowest BCUT2D eigenvalue weighted by Crippen LogP contribution is -2.12. The Morgan fingerprint density at radius 1 is 0.711 bits per heavy atom. The van der Waals surface area contributed by atoms with Gasteiger partial charge in [0, 0.05) is 50.5 Å². The lowest BCUT2D eigenvalue weighted by atomic mass is 10.1. The van der Waals surface area contributed by atoms with Gasteiger partial charge in [-0.05, 0) is 67.6 Å². The van der Waals surface area contributed by atoms with Crippen LogP contribution in [0.4, 0.5) is 17.2 Å². The molecule has 0 spiro atoms. The van der Waals surface area contributed by atoms with Crippen LogP contribution < -0.4 is 4.90 Å². The molecular weight excluding hydrogens is 486 g/mol. The van der Waals surface area contributed by atoms with E-state index < -0.39 is 0 Å². The summed E-state index contributed by atoms with van der Waals surface area (Å²) in [5.41, 5.74) is 6.11. The van der Waals surface area contributed by atoms with Gasteiger partial charge in [-0.3, -0.25) is 4.90 Å². The highest BCUT2D eigenvalue weighted by atomic mass is 32.1. The van der Waals surface area contributed by atoms with Crippen molar-refractivity contribution in [2.75, 3.05) is 4.90 Å². The van der Waals surface area contributed by atoms with E-state index in [9.17, 15) is 0 Å². The van der Waals surface area contributed by atoms with E-state index in [1.165, 1.54) is 15.5 Å². The van der Waals surface area contributed by atoms with Crippen molar-refractivity contribution in [1.82, 2.24) is 19.7 Å². The number of hydrogen-bond donors (Lipinski definition) is 0. The van der Waals surface area contributed by atoms with E-state index in [1.807, 2.05) is 29.9 Å². The summed E-state index contributed by atoms with van der Waals surface area (Å²) in [6.07, 6.45) is 3.74. The molecule has 0 radical (unpaired) electrons. The number of para-hydroxylation sites is 1. The third-order valence-corrected chi connectivity index (χ3v) is 7.76. The van der Waals surface area contributed by atoms with Crippen LogP contribution in [0, 0.1) is 6.92 Å². The molecule has 0 bridgehead atoms. The average molecular weight is 510 g/mol. The molecule has 0 saturated carbocycles. The number of pyridine rings is 2. The Morgan fingerprint density at radius 3 is 2.42 bits per heavy atom. The van der Waals surface area contributed by atoms with Gasteiger partial charge in [-0.15, -0.1) is 11.3 Å². The lowest BCUT2D eigenvalue weighted by molar-refractivity contribution is 0.880. The third kappa shape index (κ3) is 3.92. The van der Waals surface area contributed by atoms with Crippen molar-refractivity contribution in [3.63, 3.8) is 0 Å². The highest BCUT2D eigenvalue weighted by Gasteiger charge is 2.17. The van der Waals surface area contributed by atoms with Crippen molar-refractivity contribution >= 4 is 48.8 Å². The van der Waals surface area contributed by atoms with Gasteiger partial charge < -0.3 is 0 Å². The molecule has 7 rings (SSSR count). The Kier molecular flexibility index (Phi) is 5.45. The fraction of sp³-hybridized carbons (Fsp3) is 0.0312. The molecule has 0 aliphatic carbocycles. The highest BCUT2D eigenvalue weighted by Crippen LogP contribution is 2.40. The van der Waals surface area contributed by atoms with Crippen molar-refractivity contribution in [2.45, 2.75) is 6.92 Å². The summed E-state index contributed by atoms with van der Waals surface area (Å²) in [6.45, 7) is 2.04. The van der Waals surface area contributed by atoms with E-state index in [0.29, 0.717) is 0 Å². The van der Waals surface area contributed by atoms with Gasteiger partial charge in [0.1, 0.15) is 10.6 Å². The van der Waals surface area contributed by atoms with E-state index in [0.717, 1.165) is 44.7 Å². The van der Waals surface area contributed by atoms with Crippen molar-refractivity contribution < 1.29 is 0 Å². The molecule has 4 aromatic heterocycles. The minimum Gasteiger partial charge on any atom is -0.295 e. The Bertz CT molecular complexity index is 1890. The second kappa shape index (κ2) is 9.25. The number of anilines is 3. The standard InChI is InChI=1S/C32H23N5S/c1-22-17-18-27-26-13-6-14-28(31(26)38-32(27)34-22)29-15-7-16-30(35-29)37(23-9-3-2-4-10-23)25-12-5-11-24(21-25)36-20-8-19-33-36/h2-21H,1H3. The molecule has 0 fully saturated rings. The van der Waals surface area contributed by atoms with Gasteiger partial charge in [-0.2, -0.15) is 5.10 Å². The summed E-state index contributed by atoms with van der Waals surface area (Å²) in [7, 11) is 0. The van der Waals surface area contributed by atoms with Gasteiger partial charge in [0.2, 0.25) is 0 Å². The lowest BCUT2D eigenvalue weighted by Gasteiger charge is -2.25. The first-order valence-corrected chi connectivity index (χ1v) is 13.3. The van der Waals surface area contributed by atoms with Crippen LogP contribution in [-0.2, 0) is 0 Å². The Labute approximate surface area is 224 Å². The maximum atomic E-state index is 5.22. The number of fused-ring (bicyclic) bond motifs is 3. The monoisotopic (exact) mass is 509 g/mol.